The van der Waals surface area contributed by atoms with Crippen molar-refractivity contribution in [1.82, 2.24) is 0 Å². The van der Waals surface area contributed by atoms with E-state index in [1.165, 1.54) is 116 Å². The zero-order valence-electron chi connectivity index (χ0n) is 33.9. The van der Waals surface area contributed by atoms with Gasteiger partial charge in [0.05, 0.1) is 5.41 Å². The second-order valence-electron chi connectivity index (χ2n) is 15.9. The van der Waals surface area contributed by atoms with Crippen LogP contribution in [-0.4, -0.2) is 47.8 Å². The lowest BCUT2D eigenvalue weighted by atomic mass is 9.97. The molecule has 0 aromatic heterocycles. The number of hydrogen-bond donors (Lipinski definition) is 1. The summed E-state index contributed by atoms with van der Waals surface area (Å²) in [5, 5.41) is 10.8. The number of ether oxygens (including phenoxy) is 4. The van der Waals surface area contributed by atoms with Crippen molar-refractivity contribution in [3.8, 4) is 0 Å². The number of unbranched alkanes of at least 4 members (excludes halogenated alkanes) is 24. The van der Waals surface area contributed by atoms with Gasteiger partial charge in [-0.25, -0.2) is 4.79 Å². The Bertz CT molecular complexity index is 1010. The van der Waals surface area contributed by atoms with Crippen LogP contribution in [0.15, 0.2) is 11.5 Å². The summed E-state index contributed by atoms with van der Waals surface area (Å²) in [6.45, 7) is 8.92. The molecule has 0 aliphatic carbocycles. The Labute approximate surface area is 316 Å². The molecule has 9 nitrogen and oxygen atoms in total. The molecule has 0 bridgehead atoms. The van der Waals surface area contributed by atoms with Gasteiger partial charge in [-0.1, -0.05) is 168 Å². The molecule has 52 heavy (non-hydrogen) atoms. The normalized spacial score (nSPS) is 15.1. The molecule has 0 amide bonds. The monoisotopic (exact) mass is 737 g/mol. The van der Waals surface area contributed by atoms with E-state index in [0.29, 0.717) is 12.8 Å². The van der Waals surface area contributed by atoms with Gasteiger partial charge < -0.3 is 24.1 Å². The van der Waals surface area contributed by atoms with Crippen molar-refractivity contribution in [1.29, 1.82) is 0 Å². The van der Waals surface area contributed by atoms with E-state index in [2.05, 4.69) is 13.8 Å². The maximum atomic E-state index is 12.9. The highest BCUT2D eigenvalue weighted by molar-refractivity contribution is 5.93. The molecular weight excluding hydrogens is 660 g/mol. The van der Waals surface area contributed by atoms with Crippen LogP contribution < -0.4 is 0 Å². The van der Waals surface area contributed by atoms with Crippen LogP contribution >= 0.6 is 0 Å². The number of rotatable bonds is 33. The van der Waals surface area contributed by atoms with Crippen molar-refractivity contribution in [3.63, 3.8) is 0 Å². The summed E-state index contributed by atoms with van der Waals surface area (Å²) in [5.74, 6) is -4.06. The second kappa shape index (κ2) is 29.8. The Morgan fingerprint density at radius 1 is 0.615 bits per heavy atom. The molecule has 0 aromatic carbocycles. The van der Waals surface area contributed by atoms with Gasteiger partial charge in [0, 0.05) is 12.8 Å². The Hall–Kier alpha value is -2.58. The van der Waals surface area contributed by atoms with Crippen LogP contribution in [0.25, 0.3) is 0 Å². The minimum absolute atomic E-state index is 0.151. The summed E-state index contributed by atoms with van der Waals surface area (Å²) in [5.41, 5.74) is -0.936. The summed E-state index contributed by atoms with van der Waals surface area (Å²) in [6.07, 6.45) is 28.7. The maximum absolute atomic E-state index is 12.9. The van der Waals surface area contributed by atoms with Gasteiger partial charge in [0.1, 0.15) is 6.61 Å². The molecule has 0 aromatic rings. The van der Waals surface area contributed by atoms with E-state index >= 15 is 0 Å². The molecule has 0 spiro atoms. The molecule has 9 heteroatoms. The average Bonchev–Trinajstić information content (AvgIpc) is 3.38. The molecule has 0 radical (unpaired) electrons. The van der Waals surface area contributed by atoms with Crippen LogP contribution in [0.4, 0.5) is 0 Å². The van der Waals surface area contributed by atoms with Gasteiger partial charge in [0.2, 0.25) is 6.10 Å². The van der Waals surface area contributed by atoms with Crippen molar-refractivity contribution in [2.75, 3.05) is 6.61 Å². The van der Waals surface area contributed by atoms with Crippen molar-refractivity contribution in [3.05, 3.63) is 11.5 Å². The fourth-order valence-corrected chi connectivity index (χ4v) is 6.28. The van der Waals surface area contributed by atoms with Gasteiger partial charge in [-0.15, -0.1) is 0 Å². The fourth-order valence-electron chi connectivity index (χ4n) is 6.28. The topological polar surface area (TPSA) is 125 Å². The lowest BCUT2D eigenvalue weighted by Crippen LogP contribution is -2.38. The van der Waals surface area contributed by atoms with Crippen molar-refractivity contribution in [2.24, 2.45) is 5.41 Å². The Morgan fingerprint density at radius 2 is 0.981 bits per heavy atom. The Kier molecular flexibility index (Phi) is 27.2. The van der Waals surface area contributed by atoms with Crippen LogP contribution in [0.3, 0.4) is 0 Å². The summed E-state index contributed by atoms with van der Waals surface area (Å²) >= 11 is 0. The third-order valence-electron chi connectivity index (χ3n) is 9.73. The second-order valence-corrected chi connectivity index (χ2v) is 15.9. The molecule has 1 aliphatic rings. The molecule has 0 unspecified atom stereocenters. The predicted octanol–water partition coefficient (Wildman–Crippen LogP) is 11.7. The molecule has 302 valence electrons. The molecule has 1 aliphatic heterocycles. The fraction of sp³-hybridized carbons (Fsp3) is 0.860. The Balaban J connectivity index is 2.49. The summed E-state index contributed by atoms with van der Waals surface area (Å²) < 4.78 is 21.5. The van der Waals surface area contributed by atoms with Crippen LogP contribution in [0.5, 0.6) is 0 Å². The van der Waals surface area contributed by atoms with E-state index in [1.54, 1.807) is 20.8 Å². The van der Waals surface area contributed by atoms with Crippen LogP contribution in [0.2, 0.25) is 0 Å². The first kappa shape index (κ1) is 47.4. The number of esters is 4. The van der Waals surface area contributed by atoms with E-state index in [1.807, 2.05) is 0 Å². The maximum Gasteiger partial charge on any atom is 0.379 e. The number of hydrogen-bond acceptors (Lipinski definition) is 9. The highest BCUT2D eigenvalue weighted by atomic mass is 16.6. The Morgan fingerprint density at radius 3 is 1.37 bits per heavy atom. The number of aliphatic hydroxyl groups is 1. The smallest absolute Gasteiger partial charge is 0.379 e. The standard InChI is InChI=1S/C43H76O9/c1-6-8-10-12-14-16-18-20-22-24-26-28-30-32-36(44)49-34-35(39-38(46)40(41(47)51-39)52-42(48)43(3,4)5)50-37(45)33-31-29-27-25-23-21-19-17-15-13-11-9-7-2/h35,39,46H,6-34H2,1-5H3/t35-,39+/m0/s1. The first-order valence-corrected chi connectivity index (χ1v) is 21.2. The van der Waals surface area contributed by atoms with E-state index in [0.717, 1.165) is 38.5 Å². The van der Waals surface area contributed by atoms with Gasteiger partial charge in [-0.2, -0.15) is 0 Å². The summed E-state index contributed by atoms with van der Waals surface area (Å²) in [7, 11) is 0. The molecule has 0 fully saturated rings. The number of carbonyl (C=O) groups is 4. The largest absolute Gasteiger partial charge is 0.505 e. The van der Waals surface area contributed by atoms with Crippen molar-refractivity contribution < 1.29 is 43.2 Å². The van der Waals surface area contributed by atoms with Gasteiger partial charge in [0.15, 0.2) is 11.9 Å². The third-order valence-corrected chi connectivity index (χ3v) is 9.73. The van der Waals surface area contributed by atoms with Crippen molar-refractivity contribution in [2.45, 2.75) is 227 Å². The van der Waals surface area contributed by atoms with E-state index in [4.69, 9.17) is 18.9 Å². The minimum Gasteiger partial charge on any atom is -0.505 e. The SMILES string of the molecule is CCCCCCCCCCCCCCCC(=O)OC[C@H](OC(=O)CCCCCCCCCCCCCCC)[C@H]1OC(=O)C(OC(=O)C(C)(C)C)=C1O. The van der Waals surface area contributed by atoms with E-state index in [9.17, 15) is 24.3 Å². The molecule has 1 N–H and O–H groups in total. The van der Waals surface area contributed by atoms with Crippen molar-refractivity contribution >= 4 is 23.9 Å². The lowest BCUT2D eigenvalue weighted by Gasteiger charge is -2.22. The molecule has 1 rings (SSSR count). The average molecular weight is 737 g/mol. The van der Waals surface area contributed by atoms with Crippen LogP contribution in [0, 0.1) is 5.41 Å². The first-order valence-electron chi connectivity index (χ1n) is 21.2. The van der Waals surface area contributed by atoms with Gasteiger partial charge >= 0.3 is 23.9 Å². The minimum atomic E-state index is -1.45. The molecule has 0 saturated heterocycles. The zero-order valence-corrected chi connectivity index (χ0v) is 33.9. The van der Waals surface area contributed by atoms with E-state index in [-0.39, 0.29) is 12.8 Å². The molecule has 0 saturated carbocycles. The number of aliphatic hydroxyl groups excluding tert-OH is 1. The first-order chi connectivity index (χ1) is 25.0. The van der Waals surface area contributed by atoms with Crippen LogP contribution in [-0.2, 0) is 38.1 Å². The third kappa shape index (κ3) is 23.2. The number of cyclic esters (lactones) is 1. The molecule has 2 atom stereocenters. The summed E-state index contributed by atoms with van der Waals surface area (Å²) in [6, 6.07) is 0. The zero-order chi connectivity index (χ0) is 38.5. The highest BCUT2D eigenvalue weighted by Crippen LogP contribution is 2.29. The van der Waals surface area contributed by atoms with Crippen LogP contribution in [0.1, 0.15) is 214 Å². The van der Waals surface area contributed by atoms with E-state index < -0.39 is 59.6 Å². The summed E-state index contributed by atoms with van der Waals surface area (Å²) in [4.78, 5) is 50.5. The molecule has 1 heterocycles. The lowest BCUT2D eigenvalue weighted by molar-refractivity contribution is -0.171. The van der Waals surface area contributed by atoms with Gasteiger partial charge in [-0.05, 0) is 33.6 Å². The molecular formula is C43H76O9. The predicted molar refractivity (Wildman–Crippen MR) is 207 cm³/mol. The highest BCUT2D eigenvalue weighted by Gasteiger charge is 2.45. The van der Waals surface area contributed by atoms with Gasteiger partial charge in [0.25, 0.3) is 5.76 Å². The van der Waals surface area contributed by atoms with Gasteiger partial charge in [-0.3, -0.25) is 14.4 Å². The number of carbonyl (C=O) groups excluding carboxylic acids is 4. The quantitative estimate of drug-likeness (QED) is 0.0398.